The maximum atomic E-state index is 12.7. The molecular formula is C8H7F3O4S. The van der Waals surface area contributed by atoms with Crippen molar-refractivity contribution in [3.63, 3.8) is 0 Å². The number of alkyl halides is 2. The van der Waals surface area contributed by atoms with E-state index in [0.717, 1.165) is 12.1 Å². The Morgan fingerprint density at radius 2 is 1.94 bits per heavy atom. The predicted molar refractivity (Wildman–Crippen MR) is 47.9 cm³/mol. The van der Waals surface area contributed by atoms with E-state index in [9.17, 15) is 21.1 Å². The first-order chi connectivity index (χ1) is 7.34. The van der Waals surface area contributed by atoms with Crippen LogP contribution in [0.2, 0.25) is 0 Å². The third-order valence-electron chi connectivity index (χ3n) is 1.63. The molecule has 0 amide bonds. The minimum absolute atomic E-state index is 0.0119. The lowest BCUT2D eigenvalue weighted by Crippen LogP contribution is -2.06. The quantitative estimate of drug-likeness (QED) is 0.773. The summed E-state index contributed by atoms with van der Waals surface area (Å²) in [6.45, 7) is -3.24. The molecule has 0 N–H and O–H groups in total. The van der Waals surface area contributed by atoms with Gasteiger partial charge in [0.15, 0.2) is 0 Å². The maximum Gasteiger partial charge on any atom is 0.387 e. The van der Waals surface area contributed by atoms with E-state index in [4.69, 9.17) is 0 Å². The van der Waals surface area contributed by atoms with Crippen LogP contribution in [0.25, 0.3) is 0 Å². The van der Waals surface area contributed by atoms with Crippen LogP contribution in [0, 0.1) is 0 Å². The lowest BCUT2D eigenvalue weighted by molar-refractivity contribution is -0.0518. The van der Waals surface area contributed by atoms with Gasteiger partial charge in [-0.05, 0) is 12.1 Å². The first-order valence-electron chi connectivity index (χ1n) is 3.92. The van der Waals surface area contributed by atoms with Crippen molar-refractivity contribution in [2.45, 2.75) is 11.5 Å². The highest BCUT2D eigenvalue weighted by Crippen LogP contribution is 2.30. The summed E-state index contributed by atoms with van der Waals surface area (Å²) in [5.41, 5.74) is 0. The van der Waals surface area contributed by atoms with Crippen LogP contribution in [0.1, 0.15) is 0 Å². The van der Waals surface area contributed by atoms with E-state index in [1.165, 1.54) is 13.2 Å². The van der Waals surface area contributed by atoms with Crippen LogP contribution in [0.15, 0.2) is 23.1 Å². The zero-order valence-corrected chi connectivity index (χ0v) is 8.80. The number of methoxy groups -OCH3 is 1. The minimum Gasteiger partial charge on any atom is -0.497 e. The summed E-state index contributed by atoms with van der Waals surface area (Å²) in [6.07, 6.45) is 0. The summed E-state index contributed by atoms with van der Waals surface area (Å²) < 4.78 is 66.4. The number of benzene rings is 1. The van der Waals surface area contributed by atoms with Crippen molar-refractivity contribution in [2.75, 3.05) is 7.11 Å². The summed E-state index contributed by atoms with van der Waals surface area (Å²) in [6, 6.07) is 2.82. The van der Waals surface area contributed by atoms with Gasteiger partial charge in [-0.1, -0.05) is 0 Å². The number of hydrogen-bond acceptors (Lipinski definition) is 4. The number of halogens is 3. The van der Waals surface area contributed by atoms with Gasteiger partial charge < -0.3 is 9.47 Å². The van der Waals surface area contributed by atoms with Gasteiger partial charge in [0.05, 0.1) is 7.11 Å². The SMILES string of the molecule is COc1ccc(OC(F)F)c(S(=O)(=O)F)c1. The lowest BCUT2D eigenvalue weighted by Gasteiger charge is -2.09. The Kier molecular flexibility index (Phi) is 3.63. The Balaban J connectivity index is 3.28. The molecule has 0 atom stereocenters. The smallest absolute Gasteiger partial charge is 0.387 e. The Bertz CT molecular complexity index is 472. The molecule has 8 heteroatoms. The van der Waals surface area contributed by atoms with Gasteiger partial charge in [0.25, 0.3) is 0 Å². The highest BCUT2D eigenvalue weighted by Gasteiger charge is 2.21. The van der Waals surface area contributed by atoms with Crippen molar-refractivity contribution < 1.29 is 30.6 Å². The van der Waals surface area contributed by atoms with Crippen molar-refractivity contribution in [2.24, 2.45) is 0 Å². The molecule has 0 bridgehead atoms. The van der Waals surface area contributed by atoms with Crippen molar-refractivity contribution in [3.8, 4) is 11.5 Å². The lowest BCUT2D eigenvalue weighted by atomic mass is 10.3. The van der Waals surface area contributed by atoms with Gasteiger partial charge in [0.2, 0.25) is 0 Å². The fraction of sp³-hybridized carbons (Fsp3) is 0.250. The highest BCUT2D eigenvalue weighted by molar-refractivity contribution is 7.86. The molecule has 0 saturated heterocycles. The molecule has 0 fully saturated rings. The van der Waals surface area contributed by atoms with Gasteiger partial charge in [-0.15, -0.1) is 3.89 Å². The van der Waals surface area contributed by atoms with Gasteiger partial charge in [-0.2, -0.15) is 17.2 Å². The van der Waals surface area contributed by atoms with Crippen LogP contribution >= 0.6 is 0 Å². The predicted octanol–water partition coefficient (Wildman–Crippen LogP) is 1.95. The number of rotatable bonds is 4. The summed E-state index contributed by atoms with van der Waals surface area (Å²) in [7, 11) is -3.93. The molecule has 4 nitrogen and oxygen atoms in total. The summed E-state index contributed by atoms with van der Waals surface area (Å²) in [5.74, 6) is -0.754. The van der Waals surface area contributed by atoms with Gasteiger partial charge in [0, 0.05) is 6.07 Å². The highest BCUT2D eigenvalue weighted by atomic mass is 32.3. The molecule has 0 radical (unpaired) electrons. The van der Waals surface area contributed by atoms with E-state index in [2.05, 4.69) is 9.47 Å². The van der Waals surface area contributed by atoms with E-state index in [1.54, 1.807) is 0 Å². The van der Waals surface area contributed by atoms with E-state index >= 15 is 0 Å². The van der Waals surface area contributed by atoms with Gasteiger partial charge in [0.1, 0.15) is 16.4 Å². The Labute approximate surface area is 89.8 Å². The first kappa shape index (κ1) is 12.6. The topological polar surface area (TPSA) is 52.6 Å². The molecule has 1 aromatic rings. The van der Waals surface area contributed by atoms with Crippen LogP contribution in [0.4, 0.5) is 12.7 Å². The van der Waals surface area contributed by atoms with E-state index < -0.39 is 27.5 Å². The molecule has 90 valence electrons. The van der Waals surface area contributed by atoms with E-state index in [-0.39, 0.29) is 5.75 Å². The third-order valence-corrected chi connectivity index (χ3v) is 2.47. The van der Waals surface area contributed by atoms with Gasteiger partial charge in [-0.3, -0.25) is 0 Å². The van der Waals surface area contributed by atoms with Crippen molar-refractivity contribution >= 4 is 10.2 Å². The molecular weight excluding hydrogens is 249 g/mol. The average molecular weight is 256 g/mol. The second-order valence-corrected chi connectivity index (χ2v) is 3.94. The number of hydrogen-bond donors (Lipinski definition) is 0. The molecule has 0 spiro atoms. The third kappa shape index (κ3) is 3.02. The molecule has 0 unspecified atom stereocenters. The van der Waals surface area contributed by atoms with Gasteiger partial charge in [-0.25, -0.2) is 0 Å². The molecule has 0 aliphatic rings. The molecule has 1 aromatic carbocycles. The van der Waals surface area contributed by atoms with E-state index in [0.29, 0.717) is 0 Å². The maximum absolute atomic E-state index is 12.7. The van der Waals surface area contributed by atoms with Crippen molar-refractivity contribution in [1.82, 2.24) is 0 Å². The molecule has 16 heavy (non-hydrogen) atoms. The molecule has 0 aliphatic carbocycles. The van der Waals surface area contributed by atoms with Crippen LogP contribution in [0.3, 0.4) is 0 Å². The Morgan fingerprint density at radius 1 is 1.31 bits per heavy atom. The number of ether oxygens (including phenoxy) is 2. The summed E-state index contributed by atoms with van der Waals surface area (Å²) in [5, 5.41) is 0. The molecule has 0 heterocycles. The summed E-state index contributed by atoms with van der Waals surface area (Å²) in [4.78, 5) is -0.993. The van der Waals surface area contributed by atoms with Crippen LogP contribution in [-0.2, 0) is 10.2 Å². The second-order valence-electron chi connectivity index (χ2n) is 2.63. The molecule has 1 rings (SSSR count). The summed E-state index contributed by atoms with van der Waals surface area (Å²) >= 11 is 0. The average Bonchev–Trinajstić information content (AvgIpc) is 2.15. The second kappa shape index (κ2) is 4.60. The zero-order chi connectivity index (χ0) is 12.3. The molecule has 0 aliphatic heterocycles. The van der Waals surface area contributed by atoms with Gasteiger partial charge >= 0.3 is 16.8 Å². The van der Waals surface area contributed by atoms with Crippen LogP contribution < -0.4 is 9.47 Å². The Morgan fingerprint density at radius 3 is 2.38 bits per heavy atom. The fourth-order valence-corrected chi connectivity index (χ4v) is 1.61. The monoisotopic (exact) mass is 256 g/mol. The molecule has 0 saturated carbocycles. The molecule has 0 aromatic heterocycles. The normalized spacial score (nSPS) is 11.6. The minimum atomic E-state index is -5.15. The standard InChI is InChI=1S/C8H7F3O4S/c1-14-5-2-3-6(15-8(9)10)7(4-5)16(11,12)13/h2-4,8H,1H3. The van der Waals surface area contributed by atoms with E-state index in [1.807, 2.05) is 0 Å². The Hall–Kier alpha value is -1.44. The van der Waals surface area contributed by atoms with Crippen LogP contribution in [0.5, 0.6) is 11.5 Å². The van der Waals surface area contributed by atoms with Crippen LogP contribution in [-0.4, -0.2) is 22.1 Å². The van der Waals surface area contributed by atoms with Crippen molar-refractivity contribution in [1.29, 1.82) is 0 Å². The first-order valence-corrected chi connectivity index (χ1v) is 5.30. The fourth-order valence-electron chi connectivity index (χ4n) is 0.999. The zero-order valence-electron chi connectivity index (χ0n) is 7.98. The largest absolute Gasteiger partial charge is 0.497 e. The van der Waals surface area contributed by atoms with Crippen molar-refractivity contribution in [3.05, 3.63) is 18.2 Å².